The number of hydrogen-bond donors (Lipinski definition) is 1. The number of carbonyl (C=O) groups excluding carboxylic acids is 1. The number of nitro groups is 1. The van der Waals surface area contributed by atoms with Gasteiger partial charge in [-0.15, -0.1) is 0 Å². The van der Waals surface area contributed by atoms with Crippen molar-refractivity contribution in [2.75, 3.05) is 0 Å². The lowest BCUT2D eigenvalue weighted by Crippen LogP contribution is -2.23. The molecule has 0 radical (unpaired) electrons. The second kappa shape index (κ2) is 6.57. The molecule has 0 spiro atoms. The molecule has 0 aliphatic rings. The predicted octanol–water partition coefficient (Wildman–Crippen LogP) is 0.990. The summed E-state index contributed by atoms with van der Waals surface area (Å²) in [5.41, 5.74) is 3.03. The third-order valence-electron chi connectivity index (χ3n) is 2.27. The zero-order valence-corrected chi connectivity index (χ0v) is 11.3. The summed E-state index contributed by atoms with van der Waals surface area (Å²) in [5.74, 6) is -1.05. The minimum absolute atomic E-state index is 0.223. The van der Waals surface area contributed by atoms with E-state index in [9.17, 15) is 14.9 Å². The van der Waals surface area contributed by atoms with Crippen LogP contribution in [0.3, 0.4) is 0 Å². The van der Waals surface area contributed by atoms with Crippen molar-refractivity contribution in [3.63, 3.8) is 0 Å². The molecule has 9 nitrogen and oxygen atoms in total. The zero-order chi connectivity index (χ0) is 15.2. The molecule has 0 aliphatic carbocycles. The maximum Gasteiger partial charge on any atom is 0.490 e. The summed E-state index contributed by atoms with van der Waals surface area (Å²) < 4.78 is 1.05. The highest BCUT2D eigenvalue weighted by Crippen LogP contribution is 2.07. The van der Waals surface area contributed by atoms with Crippen molar-refractivity contribution in [1.29, 1.82) is 0 Å². The molecule has 10 heteroatoms. The fourth-order valence-electron chi connectivity index (χ4n) is 1.35. The summed E-state index contributed by atoms with van der Waals surface area (Å²) >= 11 is 5.73. The van der Waals surface area contributed by atoms with Crippen LogP contribution < -0.4 is 5.43 Å². The molecule has 1 aromatic heterocycles. The van der Waals surface area contributed by atoms with Gasteiger partial charge in [-0.25, -0.2) is 5.43 Å². The Hall–Kier alpha value is -2.81. The maximum absolute atomic E-state index is 11.5. The van der Waals surface area contributed by atoms with Gasteiger partial charge in [0.05, 0.1) is 6.21 Å². The number of benzene rings is 1. The summed E-state index contributed by atoms with van der Waals surface area (Å²) in [6, 6.07) is 6.86. The van der Waals surface area contributed by atoms with E-state index >= 15 is 0 Å². The first-order valence-electron chi connectivity index (χ1n) is 5.66. The van der Waals surface area contributed by atoms with Gasteiger partial charge in [0.2, 0.25) is 6.33 Å². The summed E-state index contributed by atoms with van der Waals surface area (Å²) in [5, 5.41) is 18.2. The fraction of sp³-hybridized carbons (Fsp3) is 0.0909. The van der Waals surface area contributed by atoms with Gasteiger partial charge >= 0.3 is 5.95 Å². The minimum atomic E-state index is -0.743. The van der Waals surface area contributed by atoms with E-state index in [1.165, 1.54) is 6.21 Å². The number of halogens is 1. The summed E-state index contributed by atoms with van der Waals surface area (Å²) in [6.45, 7) is -0.223. The third kappa shape index (κ3) is 4.35. The molecule has 0 fully saturated rings. The number of rotatable bonds is 5. The van der Waals surface area contributed by atoms with E-state index in [0.29, 0.717) is 5.02 Å². The second-order valence-electron chi connectivity index (χ2n) is 3.84. The number of hydrogen-bond acceptors (Lipinski definition) is 6. The molecule has 1 aromatic carbocycles. The van der Waals surface area contributed by atoms with Crippen LogP contribution in [-0.4, -0.2) is 31.8 Å². The Labute approximate surface area is 123 Å². The normalized spacial score (nSPS) is 10.7. The highest BCUT2D eigenvalue weighted by Gasteiger charge is 2.14. The first kappa shape index (κ1) is 14.6. The maximum atomic E-state index is 11.5. The highest BCUT2D eigenvalue weighted by atomic mass is 35.5. The molecule has 0 saturated carbocycles. The van der Waals surface area contributed by atoms with E-state index in [-0.39, 0.29) is 6.54 Å². The number of nitrogens with one attached hydrogen (secondary N) is 1. The van der Waals surface area contributed by atoms with E-state index in [1.54, 1.807) is 24.3 Å². The number of hydrazone groups is 1. The van der Waals surface area contributed by atoms with Gasteiger partial charge < -0.3 is 10.1 Å². The van der Waals surface area contributed by atoms with Gasteiger partial charge in [-0.05, 0) is 22.6 Å². The fourth-order valence-corrected chi connectivity index (χ4v) is 1.48. The van der Waals surface area contributed by atoms with Crippen LogP contribution in [0.5, 0.6) is 0 Å². The van der Waals surface area contributed by atoms with Gasteiger partial charge in [0.25, 0.3) is 5.91 Å². The lowest BCUT2D eigenvalue weighted by molar-refractivity contribution is -0.394. The van der Waals surface area contributed by atoms with Gasteiger partial charge in [-0.1, -0.05) is 28.7 Å². The number of amides is 1. The van der Waals surface area contributed by atoms with Crippen molar-refractivity contribution in [2.45, 2.75) is 6.54 Å². The average molecular weight is 309 g/mol. The molecule has 0 unspecified atom stereocenters. The first-order valence-corrected chi connectivity index (χ1v) is 6.04. The van der Waals surface area contributed by atoms with Crippen molar-refractivity contribution < 1.29 is 9.72 Å². The van der Waals surface area contributed by atoms with Crippen LogP contribution in [0.2, 0.25) is 5.02 Å². The number of nitrogens with zero attached hydrogens (tertiary/aromatic N) is 5. The van der Waals surface area contributed by atoms with Crippen LogP contribution in [0.25, 0.3) is 0 Å². The number of aromatic nitrogens is 3. The van der Waals surface area contributed by atoms with Gasteiger partial charge in [0.1, 0.15) is 6.54 Å². The minimum Gasteiger partial charge on any atom is -0.390 e. The van der Waals surface area contributed by atoms with Crippen LogP contribution in [0, 0.1) is 10.1 Å². The van der Waals surface area contributed by atoms with E-state index in [4.69, 9.17) is 11.6 Å². The number of carbonyl (C=O) groups is 1. The second-order valence-corrected chi connectivity index (χ2v) is 4.28. The zero-order valence-electron chi connectivity index (χ0n) is 10.5. The van der Waals surface area contributed by atoms with Gasteiger partial charge in [-0.2, -0.15) is 9.78 Å². The smallest absolute Gasteiger partial charge is 0.390 e. The molecule has 0 saturated heterocycles. The predicted molar refractivity (Wildman–Crippen MR) is 73.9 cm³/mol. The molecule has 2 rings (SSSR count). The molecule has 2 aromatic rings. The topological polar surface area (TPSA) is 115 Å². The first-order chi connectivity index (χ1) is 10.0. The Balaban J connectivity index is 1.86. The van der Waals surface area contributed by atoms with Crippen molar-refractivity contribution in [1.82, 2.24) is 20.2 Å². The molecule has 1 amide bonds. The molecule has 0 bridgehead atoms. The van der Waals surface area contributed by atoms with Crippen LogP contribution in [-0.2, 0) is 11.3 Å². The van der Waals surface area contributed by atoms with E-state index in [2.05, 4.69) is 20.6 Å². The van der Waals surface area contributed by atoms with Crippen LogP contribution >= 0.6 is 11.6 Å². The molecular weight excluding hydrogens is 300 g/mol. The Bertz CT molecular complexity index is 682. The summed E-state index contributed by atoms with van der Waals surface area (Å²) in [6.07, 6.45) is 2.54. The van der Waals surface area contributed by atoms with E-state index in [0.717, 1.165) is 16.6 Å². The van der Waals surface area contributed by atoms with Gasteiger partial charge in [-0.3, -0.25) is 4.79 Å². The average Bonchev–Trinajstić information content (AvgIpc) is 2.90. The Kier molecular flexibility index (Phi) is 4.57. The molecular formula is C11H9ClN6O3. The van der Waals surface area contributed by atoms with Crippen LogP contribution in [0.15, 0.2) is 35.7 Å². The monoisotopic (exact) mass is 308 g/mol. The van der Waals surface area contributed by atoms with Gasteiger partial charge in [0.15, 0.2) is 0 Å². The third-order valence-corrected chi connectivity index (χ3v) is 2.52. The lowest BCUT2D eigenvalue weighted by atomic mass is 10.2. The molecule has 0 aliphatic heterocycles. The molecule has 0 atom stereocenters. The van der Waals surface area contributed by atoms with Crippen molar-refractivity contribution in [3.05, 3.63) is 51.3 Å². The molecule has 21 heavy (non-hydrogen) atoms. The van der Waals surface area contributed by atoms with E-state index in [1.807, 2.05) is 0 Å². The molecule has 108 valence electrons. The summed E-state index contributed by atoms with van der Waals surface area (Å²) in [4.78, 5) is 24.6. The van der Waals surface area contributed by atoms with Crippen LogP contribution in [0.4, 0.5) is 5.95 Å². The van der Waals surface area contributed by atoms with Crippen LogP contribution in [0.1, 0.15) is 5.56 Å². The Morgan fingerprint density at radius 3 is 2.81 bits per heavy atom. The lowest BCUT2D eigenvalue weighted by Gasteiger charge is -1.97. The SMILES string of the molecule is O=C(Cn1cnc([N+](=O)[O-])n1)N/N=C\c1ccc(Cl)cc1. The Morgan fingerprint density at radius 2 is 2.19 bits per heavy atom. The molecule has 1 N–H and O–H groups in total. The quantitative estimate of drug-likeness (QED) is 0.502. The van der Waals surface area contributed by atoms with Crippen molar-refractivity contribution >= 4 is 29.7 Å². The van der Waals surface area contributed by atoms with Gasteiger partial charge in [0, 0.05) is 10.1 Å². The summed E-state index contributed by atoms with van der Waals surface area (Å²) in [7, 11) is 0. The Morgan fingerprint density at radius 1 is 1.48 bits per heavy atom. The van der Waals surface area contributed by atoms with E-state index < -0.39 is 16.8 Å². The highest BCUT2D eigenvalue weighted by molar-refractivity contribution is 6.30. The van der Waals surface area contributed by atoms with Crippen molar-refractivity contribution in [2.24, 2.45) is 5.10 Å². The standard InChI is InChI=1S/C11H9ClN6O3/c12-9-3-1-8(2-4-9)5-14-15-10(19)6-17-7-13-11(16-17)18(20)21/h1-5,7H,6H2,(H,15,19)/b14-5-. The largest absolute Gasteiger partial charge is 0.490 e. The molecule has 1 heterocycles. The van der Waals surface area contributed by atoms with Crippen molar-refractivity contribution in [3.8, 4) is 0 Å².